The Balaban J connectivity index is 0. The van der Waals surface area contributed by atoms with Crippen molar-refractivity contribution in [2.75, 3.05) is 27.2 Å². The van der Waals surface area contributed by atoms with E-state index in [9.17, 15) is 0 Å². The summed E-state index contributed by atoms with van der Waals surface area (Å²) in [5, 5.41) is 0. The van der Waals surface area contributed by atoms with E-state index in [1.165, 1.54) is 36.2 Å². The third kappa shape index (κ3) is 9.69. The van der Waals surface area contributed by atoms with E-state index >= 15 is 0 Å². The van der Waals surface area contributed by atoms with Crippen molar-refractivity contribution in [2.24, 2.45) is 0 Å². The molecule has 0 saturated heterocycles. The molecule has 0 aliphatic carbocycles. The van der Waals surface area contributed by atoms with Gasteiger partial charge in [-0.3, -0.25) is 0 Å². The lowest BCUT2D eigenvalue weighted by Gasteiger charge is -2.35. The van der Waals surface area contributed by atoms with Gasteiger partial charge in [-0.05, 0) is 50.2 Å². The van der Waals surface area contributed by atoms with E-state index in [1.807, 2.05) is 0 Å². The molecule has 0 aromatic carbocycles. The summed E-state index contributed by atoms with van der Waals surface area (Å²) in [5.41, 5.74) is -0.151. The van der Waals surface area contributed by atoms with Gasteiger partial charge in [0.2, 0.25) is 0 Å². The maximum atomic E-state index is 5.84. The van der Waals surface area contributed by atoms with Crippen molar-refractivity contribution in [1.82, 2.24) is 3.94 Å². The van der Waals surface area contributed by atoms with E-state index in [0.717, 1.165) is 17.4 Å². The van der Waals surface area contributed by atoms with Gasteiger partial charge < -0.3 is 16.9 Å². The number of hydrogen-bond donors (Lipinski definition) is 0. The number of hydrogen-bond acceptors (Lipinski definition) is 1. The van der Waals surface area contributed by atoms with Gasteiger partial charge in [-0.25, -0.2) is 0 Å². The van der Waals surface area contributed by atoms with Crippen LogP contribution >= 0.6 is 23.6 Å². The molecule has 0 amide bonds. The van der Waals surface area contributed by atoms with E-state index in [1.54, 1.807) is 0 Å². The minimum atomic E-state index is -0.151. The highest BCUT2D eigenvalue weighted by Crippen LogP contribution is 2.24. The summed E-state index contributed by atoms with van der Waals surface area (Å²) in [5.74, 6) is 0. The molecule has 0 N–H and O–H groups in total. The van der Waals surface area contributed by atoms with Gasteiger partial charge in [-0.2, -0.15) is 0 Å². The van der Waals surface area contributed by atoms with Crippen LogP contribution < -0.4 is 12.4 Å². The summed E-state index contributed by atoms with van der Waals surface area (Å²) >= 11 is 11.7. The molecule has 0 spiro atoms. The molecule has 0 aromatic heterocycles. The highest BCUT2D eigenvalue weighted by Gasteiger charge is 2.28. The molecule has 0 saturated carbocycles. The molecule has 0 unspecified atom stereocenters. The zero-order valence-corrected chi connectivity index (χ0v) is 14.7. The number of quaternary nitrogens is 1. The Morgan fingerprint density at radius 3 is 2.00 bits per heavy atom. The number of nitrogens with zero attached hydrogens (tertiary/aromatic N) is 2. The lowest BCUT2D eigenvalue weighted by atomic mass is 10.0. The number of unbranched alkanes of at least 4 members (excludes halogenated alkanes) is 3. The van der Waals surface area contributed by atoms with Crippen molar-refractivity contribution in [3.05, 3.63) is 0 Å². The van der Waals surface area contributed by atoms with Crippen LogP contribution in [-0.4, -0.2) is 41.1 Å². The summed E-state index contributed by atoms with van der Waals surface area (Å²) in [4.78, 5) is 0. The first-order chi connectivity index (χ1) is 7.71. The van der Waals surface area contributed by atoms with Crippen LogP contribution in [0.5, 0.6) is 0 Å². The smallest absolute Gasteiger partial charge is 0.0801 e. The van der Waals surface area contributed by atoms with Crippen molar-refractivity contribution in [2.45, 2.75) is 58.4 Å². The van der Waals surface area contributed by atoms with E-state index in [4.69, 9.17) is 23.6 Å². The maximum Gasteiger partial charge on any atom is 0.0801 e. The van der Waals surface area contributed by atoms with Crippen molar-refractivity contribution in [3.63, 3.8) is 0 Å². The van der Waals surface area contributed by atoms with Crippen molar-refractivity contribution in [3.8, 4) is 0 Å². The molecule has 0 aliphatic rings. The molecule has 0 atom stereocenters. The lowest BCUT2D eigenvalue weighted by molar-refractivity contribution is -0.891. The van der Waals surface area contributed by atoms with Crippen LogP contribution in [0.25, 0.3) is 0 Å². The van der Waals surface area contributed by atoms with Gasteiger partial charge in [0, 0.05) is 6.42 Å². The topological polar surface area (TPSA) is 3.24 Å². The van der Waals surface area contributed by atoms with Crippen molar-refractivity contribution in [1.29, 1.82) is 0 Å². The molecule has 112 valence electrons. The lowest BCUT2D eigenvalue weighted by Crippen LogP contribution is -3.00. The van der Waals surface area contributed by atoms with Crippen LogP contribution in [0, 0.1) is 0 Å². The van der Waals surface area contributed by atoms with Gasteiger partial charge in [0.1, 0.15) is 0 Å². The molecule has 0 rings (SSSR count). The fourth-order valence-electron chi connectivity index (χ4n) is 1.74. The summed E-state index contributed by atoms with van der Waals surface area (Å²) < 4.78 is 2.33. The standard InChI is InChI=1S/C13H29Cl2N2.ClH/c1-6-7-8-9-11-17(4,5)12-10-13(2,3)16(14)15;/h6-12H2,1-5H3;1H/q+1;/p-1. The van der Waals surface area contributed by atoms with Gasteiger partial charge in [-0.1, -0.05) is 19.8 Å². The van der Waals surface area contributed by atoms with Crippen LogP contribution in [0.4, 0.5) is 0 Å². The third-order valence-electron chi connectivity index (χ3n) is 3.40. The summed E-state index contributed by atoms with van der Waals surface area (Å²) in [6.45, 7) is 8.74. The quantitative estimate of drug-likeness (QED) is 0.353. The van der Waals surface area contributed by atoms with Crippen LogP contribution in [0.3, 0.4) is 0 Å². The zero-order valence-electron chi connectivity index (χ0n) is 12.5. The van der Waals surface area contributed by atoms with E-state index < -0.39 is 0 Å². The van der Waals surface area contributed by atoms with Crippen molar-refractivity contribution >= 4 is 23.6 Å². The highest BCUT2D eigenvalue weighted by atomic mass is 35.5. The number of rotatable bonds is 9. The summed E-state index contributed by atoms with van der Waals surface area (Å²) in [7, 11) is 4.57. The van der Waals surface area contributed by atoms with Gasteiger partial charge in [-0.15, -0.1) is 3.94 Å². The van der Waals surface area contributed by atoms with Gasteiger partial charge in [0.25, 0.3) is 0 Å². The second kappa shape index (κ2) is 9.66. The van der Waals surface area contributed by atoms with Crippen LogP contribution in [0.1, 0.15) is 52.9 Å². The van der Waals surface area contributed by atoms with E-state index in [0.29, 0.717) is 0 Å². The molecule has 18 heavy (non-hydrogen) atoms. The second-order valence-corrected chi connectivity index (χ2v) is 7.09. The predicted octanol–water partition coefficient (Wildman–Crippen LogP) is 1.43. The average molecular weight is 320 g/mol. The predicted molar refractivity (Wildman–Crippen MR) is 78.2 cm³/mol. The minimum absolute atomic E-state index is 0. The van der Waals surface area contributed by atoms with Gasteiger partial charge >= 0.3 is 0 Å². The second-order valence-electron chi connectivity index (χ2n) is 6.24. The Morgan fingerprint density at radius 2 is 1.56 bits per heavy atom. The highest BCUT2D eigenvalue weighted by molar-refractivity contribution is 6.34. The monoisotopic (exact) mass is 318 g/mol. The van der Waals surface area contributed by atoms with Gasteiger partial charge in [0.05, 0.1) is 32.7 Å². The Labute approximate surface area is 130 Å². The Bertz CT molecular complexity index is 206. The minimum Gasteiger partial charge on any atom is -1.00 e. The Kier molecular flexibility index (Phi) is 11.3. The molecule has 5 heteroatoms. The maximum absolute atomic E-state index is 5.84. The molecular weight excluding hydrogens is 291 g/mol. The molecule has 0 radical (unpaired) electrons. The largest absolute Gasteiger partial charge is 1.00 e. The number of halogens is 3. The molecule has 0 fully saturated rings. The normalized spacial score (nSPS) is 12.7. The first-order valence-electron chi connectivity index (χ1n) is 6.65. The SMILES string of the molecule is CCCCCC[N+](C)(C)CCC(C)(C)N(Cl)Cl.[Cl-]. The summed E-state index contributed by atoms with van der Waals surface area (Å²) in [6, 6.07) is 0. The van der Waals surface area contributed by atoms with Gasteiger partial charge in [0.15, 0.2) is 0 Å². The third-order valence-corrected chi connectivity index (χ3v) is 4.32. The average Bonchev–Trinajstić information content (AvgIpc) is 2.22. The van der Waals surface area contributed by atoms with Crippen LogP contribution in [0.15, 0.2) is 0 Å². The molecule has 0 aliphatic heterocycles. The summed E-state index contributed by atoms with van der Waals surface area (Å²) in [6.07, 6.45) is 6.31. The molecule has 0 heterocycles. The van der Waals surface area contributed by atoms with Crippen LogP contribution in [-0.2, 0) is 0 Å². The molecule has 0 bridgehead atoms. The first-order valence-corrected chi connectivity index (χ1v) is 7.33. The van der Waals surface area contributed by atoms with E-state index in [-0.39, 0.29) is 17.9 Å². The fraction of sp³-hybridized carbons (Fsp3) is 1.00. The van der Waals surface area contributed by atoms with Crippen molar-refractivity contribution < 1.29 is 16.9 Å². The first kappa shape index (κ1) is 21.1. The Hall–Kier alpha value is 0.790. The molecular formula is C13H29Cl3N2. The molecule has 0 aromatic rings. The molecule has 2 nitrogen and oxygen atoms in total. The van der Waals surface area contributed by atoms with Crippen LogP contribution in [0.2, 0.25) is 0 Å². The zero-order chi connectivity index (χ0) is 13.5. The Morgan fingerprint density at radius 1 is 1.00 bits per heavy atom. The fourth-order valence-corrected chi connectivity index (χ4v) is 1.91. The van der Waals surface area contributed by atoms with E-state index in [2.05, 4.69) is 34.9 Å².